The maximum absolute atomic E-state index is 13.8. The van der Waals surface area contributed by atoms with Crippen LogP contribution in [0, 0.1) is 13.8 Å². The third-order valence-corrected chi connectivity index (χ3v) is 7.15. The van der Waals surface area contributed by atoms with Crippen molar-refractivity contribution in [3.8, 4) is 0 Å². The Labute approximate surface area is 190 Å². The van der Waals surface area contributed by atoms with Crippen molar-refractivity contribution >= 4 is 46.7 Å². The summed E-state index contributed by atoms with van der Waals surface area (Å²) in [5.74, 6) is -0.230. The van der Waals surface area contributed by atoms with Gasteiger partial charge in [0.05, 0.1) is 0 Å². The van der Waals surface area contributed by atoms with Gasteiger partial charge in [-0.3, -0.25) is 0 Å². The van der Waals surface area contributed by atoms with E-state index < -0.39 is 5.25 Å². The molecule has 0 aliphatic carbocycles. The van der Waals surface area contributed by atoms with Crippen LogP contribution in [0.15, 0.2) is 71.6 Å². The normalized spacial score (nSPS) is 17.8. The number of carbonyl (C=O) groups is 2. The minimum absolute atomic E-state index is 0.230. The zero-order valence-corrected chi connectivity index (χ0v) is 18.7. The number of benzene rings is 3. The quantitative estimate of drug-likeness (QED) is 0.490. The molecule has 0 N–H and O–H groups in total. The fraction of sp³-hybridized carbons (Fsp3) is 0.160. The number of aryl methyl sites for hydroxylation is 2. The average Bonchev–Trinajstić information content (AvgIpc) is 3.14. The maximum Gasteiger partial charge on any atom is 0.506 e. The number of hydrogen-bond donors (Lipinski definition) is 0. The maximum atomic E-state index is 13.8. The smallest absolute Gasteiger partial charge is 0.244 e. The fourth-order valence-electron chi connectivity index (χ4n) is 4.19. The molecule has 0 bridgehead atoms. The average molecular weight is 448 g/mol. The molecule has 3 aromatic rings. The summed E-state index contributed by atoms with van der Waals surface area (Å²) in [5.41, 5.74) is 5.23. The van der Waals surface area contributed by atoms with Gasteiger partial charge in [-0.05, 0) is 43.2 Å². The lowest BCUT2D eigenvalue weighted by Gasteiger charge is -2.25. The van der Waals surface area contributed by atoms with Crippen molar-refractivity contribution in [2.75, 3.05) is 4.90 Å². The standard InChI is InChI=1S/C25H20ClN2O2S/c1-15-6-5-7-17(12-15)14-27-22-19-8-3-4-9-21(19)31-23(22)24(29)28(25(27)30)20-13-18(26)11-10-16(20)2/h3-13,23H,14H2,1-2H3/q+1. The van der Waals surface area contributed by atoms with E-state index in [1.54, 1.807) is 16.7 Å². The number of thioether (sulfide) groups is 1. The third kappa shape index (κ3) is 3.38. The van der Waals surface area contributed by atoms with Gasteiger partial charge >= 0.3 is 11.9 Å². The van der Waals surface area contributed by atoms with Crippen molar-refractivity contribution in [3.05, 3.63) is 94.0 Å². The first-order chi connectivity index (χ1) is 14.9. The monoisotopic (exact) mass is 447 g/mol. The molecule has 3 amide bonds. The zero-order valence-electron chi connectivity index (χ0n) is 17.1. The van der Waals surface area contributed by atoms with E-state index in [4.69, 9.17) is 11.6 Å². The Balaban J connectivity index is 1.70. The second-order valence-electron chi connectivity index (χ2n) is 7.84. The van der Waals surface area contributed by atoms with E-state index in [1.807, 2.05) is 62.4 Å². The SMILES string of the molecule is Cc1cccc(C[N+]2=C3c4ccccc4SC3C(=O)N(c3cc(Cl)ccc3C)C2=O)c1. The molecule has 0 fully saturated rings. The summed E-state index contributed by atoms with van der Waals surface area (Å²) in [4.78, 5) is 29.7. The van der Waals surface area contributed by atoms with Crippen LogP contribution >= 0.6 is 23.4 Å². The molecule has 1 atom stereocenters. The van der Waals surface area contributed by atoms with Gasteiger partial charge < -0.3 is 0 Å². The Morgan fingerprint density at radius 1 is 1.00 bits per heavy atom. The molecular formula is C25H20ClN2O2S+. The number of halogens is 1. The largest absolute Gasteiger partial charge is 0.506 e. The van der Waals surface area contributed by atoms with Gasteiger partial charge in [0, 0.05) is 21.5 Å². The Bertz CT molecular complexity index is 1280. The summed E-state index contributed by atoms with van der Waals surface area (Å²) in [7, 11) is 0. The number of urea groups is 1. The fourth-order valence-corrected chi connectivity index (χ4v) is 5.63. The van der Waals surface area contributed by atoms with Crippen LogP contribution in [0.4, 0.5) is 10.5 Å². The molecule has 5 rings (SSSR count). The van der Waals surface area contributed by atoms with Crippen molar-refractivity contribution in [3.63, 3.8) is 0 Å². The molecule has 1 unspecified atom stereocenters. The second-order valence-corrected chi connectivity index (χ2v) is 9.42. The molecule has 0 aromatic heterocycles. The summed E-state index contributed by atoms with van der Waals surface area (Å²) >= 11 is 7.73. The van der Waals surface area contributed by atoms with Crippen LogP contribution in [0.1, 0.15) is 22.3 Å². The van der Waals surface area contributed by atoms with E-state index in [2.05, 4.69) is 6.07 Å². The number of hydrogen-bond acceptors (Lipinski definition) is 3. The minimum atomic E-state index is -0.474. The Hall–Kier alpha value is -2.89. The lowest BCUT2D eigenvalue weighted by molar-refractivity contribution is -0.444. The van der Waals surface area contributed by atoms with E-state index in [-0.39, 0.29) is 11.9 Å². The molecule has 2 aliphatic heterocycles. The summed E-state index contributed by atoms with van der Waals surface area (Å²) < 4.78 is 1.75. The lowest BCUT2D eigenvalue weighted by Crippen LogP contribution is -2.55. The van der Waals surface area contributed by atoms with Gasteiger partial charge in [-0.2, -0.15) is 9.37 Å². The minimum Gasteiger partial charge on any atom is -0.244 e. The first-order valence-electron chi connectivity index (χ1n) is 10.0. The zero-order chi connectivity index (χ0) is 21.7. The van der Waals surface area contributed by atoms with Crippen LogP contribution in [0.2, 0.25) is 5.02 Å². The number of anilines is 1. The van der Waals surface area contributed by atoms with Gasteiger partial charge in [0.1, 0.15) is 17.9 Å². The first kappa shape index (κ1) is 20.0. The van der Waals surface area contributed by atoms with Crippen molar-refractivity contribution in [1.82, 2.24) is 0 Å². The van der Waals surface area contributed by atoms with Gasteiger partial charge in [-0.1, -0.05) is 59.6 Å². The van der Waals surface area contributed by atoms with Gasteiger partial charge in [0.25, 0.3) is 0 Å². The molecule has 31 heavy (non-hydrogen) atoms. The van der Waals surface area contributed by atoms with Crippen LogP contribution in [0.3, 0.4) is 0 Å². The van der Waals surface area contributed by atoms with Crippen molar-refractivity contribution in [1.29, 1.82) is 0 Å². The molecule has 2 heterocycles. The highest BCUT2D eigenvalue weighted by Crippen LogP contribution is 2.41. The number of rotatable bonds is 3. The highest BCUT2D eigenvalue weighted by Gasteiger charge is 2.53. The number of imide groups is 1. The van der Waals surface area contributed by atoms with Crippen LogP contribution in [-0.4, -0.2) is 27.5 Å². The van der Waals surface area contributed by atoms with Crippen molar-refractivity contribution in [2.24, 2.45) is 0 Å². The Kier molecular flexibility index (Phi) is 4.95. The molecular weight excluding hydrogens is 428 g/mol. The summed E-state index contributed by atoms with van der Waals surface area (Å²) in [5, 5.41) is 0.0156. The van der Waals surface area contributed by atoms with Crippen molar-refractivity contribution in [2.45, 2.75) is 30.5 Å². The van der Waals surface area contributed by atoms with E-state index in [0.29, 0.717) is 17.3 Å². The summed E-state index contributed by atoms with van der Waals surface area (Å²) in [6.45, 7) is 4.31. The first-order valence-corrected chi connectivity index (χ1v) is 11.3. The van der Waals surface area contributed by atoms with Gasteiger partial charge in [0.2, 0.25) is 0 Å². The Morgan fingerprint density at radius 2 is 1.81 bits per heavy atom. The number of amides is 3. The Morgan fingerprint density at radius 3 is 2.61 bits per heavy atom. The molecule has 4 nitrogen and oxygen atoms in total. The van der Waals surface area contributed by atoms with E-state index >= 15 is 0 Å². The molecule has 2 aliphatic rings. The van der Waals surface area contributed by atoms with Gasteiger partial charge in [-0.25, -0.2) is 4.79 Å². The van der Waals surface area contributed by atoms with E-state index in [1.165, 1.54) is 16.7 Å². The summed E-state index contributed by atoms with van der Waals surface area (Å²) in [6, 6.07) is 20.9. The van der Waals surface area contributed by atoms with Crippen LogP contribution in [-0.2, 0) is 11.3 Å². The van der Waals surface area contributed by atoms with E-state index in [0.717, 1.165) is 32.9 Å². The number of fused-ring (bicyclic) bond motifs is 3. The van der Waals surface area contributed by atoms with Crippen molar-refractivity contribution < 1.29 is 14.2 Å². The van der Waals surface area contributed by atoms with Crippen LogP contribution in [0.5, 0.6) is 0 Å². The lowest BCUT2D eigenvalue weighted by atomic mass is 10.0. The molecule has 6 heteroatoms. The van der Waals surface area contributed by atoms with Gasteiger partial charge in [0.15, 0.2) is 5.25 Å². The molecule has 0 saturated heterocycles. The molecule has 154 valence electrons. The third-order valence-electron chi connectivity index (χ3n) is 5.65. The van der Waals surface area contributed by atoms with Crippen LogP contribution in [0.25, 0.3) is 0 Å². The topological polar surface area (TPSA) is 40.4 Å². The van der Waals surface area contributed by atoms with Crippen LogP contribution < -0.4 is 4.90 Å². The highest BCUT2D eigenvalue weighted by atomic mass is 35.5. The predicted molar refractivity (Wildman–Crippen MR) is 124 cm³/mol. The number of carbonyl (C=O) groups excluding carboxylic acids is 2. The van der Waals surface area contributed by atoms with E-state index in [9.17, 15) is 9.59 Å². The second kappa shape index (κ2) is 7.66. The molecule has 3 aromatic carbocycles. The number of nitrogens with zero attached hydrogens (tertiary/aromatic N) is 2. The summed E-state index contributed by atoms with van der Waals surface area (Å²) in [6.07, 6.45) is 0. The predicted octanol–water partition coefficient (Wildman–Crippen LogP) is 5.60. The molecule has 0 radical (unpaired) electrons. The molecule has 0 spiro atoms. The highest BCUT2D eigenvalue weighted by molar-refractivity contribution is 8.02. The van der Waals surface area contributed by atoms with Gasteiger partial charge in [-0.15, -0.1) is 16.7 Å². The molecule has 0 saturated carbocycles.